The first-order valence-electron chi connectivity index (χ1n) is 7.99. The first-order chi connectivity index (χ1) is 10.2. The van der Waals surface area contributed by atoms with E-state index >= 15 is 0 Å². The van der Waals surface area contributed by atoms with Crippen molar-refractivity contribution in [2.45, 2.75) is 52.9 Å². The van der Waals surface area contributed by atoms with E-state index in [9.17, 15) is 0 Å². The number of aryl methyl sites for hydroxylation is 1. The third kappa shape index (κ3) is 6.91. The van der Waals surface area contributed by atoms with E-state index in [4.69, 9.17) is 16.3 Å². The van der Waals surface area contributed by atoms with E-state index in [0.29, 0.717) is 11.8 Å². The molecule has 0 aliphatic heterocycles. The number of hydrogen-bond donors (Lipinski definition) is 0. The van der Waals surface area contributed by atoms with Gasteiger partial charge in [0, 0.05) is 17.9 Å². The summed E-state index contributed by atoms with van der Waals surface area (Å²) in [5.41, 5.74) is 2.18. The molecule has 0 heterocycles. The SMILES string of the molecule is CCCCC(CC)COc1ccc(C#CCCCl)cc1C. The quantitative estimate of drug-likeness (QED) is 0.450. The van der Waals surface area contributed by atoms with Gasteiger partial charge in [-0.3, -0.25) is 0 Å². The van der Waals surface area contributed by atoms with E-state index < -0.39 is 0 Å². The van der Waals surface area contributed by atoms with Crippen molar-refractivity contribution in [2.24, 2.45) is 5.92 Å². The zero-order valence-electron chi connectivity index (χ0n) is 13.5. The van der Waals surface area contributed by atoms with E-state index in [1.54, 1.807) is 0 Å². The van der Waals surface area contributed by atoms with Crippen LogP contribution in [0, 0.1) is 24.7 Å². The van der Waals surface area contributed by atoms with Gasteiger partial charge in [0.1, 0.15) is 5.75 Å². The third-order valence-corrected chi connectivity index (χ3v) is 3.83. The Morgan fingerprint density at radius 3 is 2.71 bits per heavy atom. The number of hydrogen-bond acceptors (Lipinski definition) is 1. The molecule has 0 radical (unpaired) electrons. The van der Waals surface area contributed by atoms with Gasteiger partial charge in [-0.25, -0.2) is 0 Å². The minimum atomic E-state index is 0.587. The fraction of sp³-hybridized carbons (Fsp3) is 0.579. The highest BCUT2D eigenvalue weighted by atomic mass is 35.5. The van der Waals surface area contributed by atoms with Gasteiger partial charge in [0.15, 0.2) is 0 Å². The molecule has 0 aliphatic rings. The molecular weight excluding hydrogens is 280 g/mol. The van der Waals surface area contributed by atoms with Crippen molar-refractivity contribution in [1.82, 2.24) is 0 Å². The molecule has 0 spiro atoms. The predicted molar refractivity (Wildman–Crippen MR) is 92.2 cm³/mol. The van der Waals surface area contributed by atoms with Crippen LogP contribution in [-0.2, 0) is 0 Å². The Balaban J connectivity index is 2.58. The first-order valence-corrected chi connectivity index (χ1v) is 8.53. The van der Waals surface area contributed by atoms with Crippen LogP contribution in [0.5, 0.6) is 5.75 Å². The summed E-state index contributed by atoms with van der Waals surface area (Å²) < 4.78 is 6.00. The fourth-order valence-corrected chi connectivity index (χ4v) is 2.30. The van der Waals surface area contributed by atoms with Crippen LogP contribution in [0.25, 0.3) is 0 Å². The molecule has 0 N–H and O–H groups in total. The van der Waals surface area contributed by atoms with Crippen LogP contribution >= 0.6 is 11.6 Å². The maximum absolute atomic E-state index is 6.00. The molecular formula is C19H27ClO. The van der Waals surface area contributed by atoms with Crippen molar-refractivity contribution in [3.63, 3.8) is 0 Å². The number of unbranched alkanes of at least 4 members (excludes halogenated alkanes) is 1. The van der Waals surface area contributed by atoms with Crippen molar-refractivity contribution in [3.8, 4) is 17.6 Å². The Morgan fingerprint density at radius 2 is 2.10 bits per heavy atom. The normalized spacial score (nSPS) is 11.6. The summed E-state index contributed by atoms with van der Waals surface area (Å²) in [4.78, 5) is 0. The average Bonchev–Trinajstić information content (AvgIpc) is 2.49. The van der Waals surface area contributed by atoms with Gasteiger partial charge in [-0.2, -0.15) is 0 Å². The molecule has 1 nitrogen and oxygen atoms in total. The van der Waals surface area contributed by atoms with Gasteiger partial charge in [0.05, 0.1) is 6.61 Å². The topological polar surface area (TPSA) is 9.23 Å². The largest absolute Gasteiger partial charge is 0.493 e. The molecule has 0 saturated heterocycles. The van der Waals surface area contributed by atoms with E-state index in [-0.39, 0.29) is 0 Å². The van der Waals surface area contributed by atoms with Gasteiger partial charge in [-0.15, -0.1) is 11.6 Å². The lowest BCUT2D eigenvalue weighted by Gasteiger charge is -2.16. The highest BCUT2D eigenvalue weighted by Crippen LogP contribution is 2.21. The van der Waals surface area contributed by atoms with Crippen LogP contribution in [0.1, 0.15) is 57.1 Å². The fourth-order valence-electron chi connectivity index (χ4n) is 2.21. The van der Waals surface area contributed by atoms with Crippen molar-refractivity contribution in [3.05, 3.63) is 29.3 Å². The first kappa shape index (κ1) is 17.9. The molecule has 116 valence electrons. The second-order valence-electron chi connectivity index (χ2n) is 5.45. The molecule has 1 unspecified atom stereocenters. The second-order valence-corrected chi connectivity index (χ2v) is 5.83. The van der Waals surface area contributed by atoms with Crippen LogP contribution in [0.3, 0.4) is 0 Å². The number of benzene rings is 1. The molecule has 0 aliphatic carbocycles. The van der Waals surface area contributed by atoms with Crippen LogP contribution in [0.4, 0.5) is 0 Å². The van der Waals surface area contributed by atoms with Gasteiger partial charge in [-0.05, 0) is 43.0 Å². The number of alkyl halides is 1. The van der Waals surface area contributed by atoms with Gasteiger partial charge in [-0.1, -0.05) is 45.0 Å². The van der Waals surface area contributed by atoms with Crippen LogP contribution in [-0.4, -0.2) is 12.5 Å². The smallest absolute Gasteiger partial charge is 0.122 e. The van der Waals surface area contributed by atoms with E-state index in [1.807, 2.05) is 12.1 Å². The van der Waals surface area contributed by atoms with Crippen molar-refractivity contribution in [2.75, 3.05) is 12.5 Å². The van der Waals surface area contributed by atoms with Crippen molar-refractivity contribution >= 4 is 11.6 Å². The Hall–Kier alpha value is -1.13. The Bertz CT molecular complexity index is 470. The molecule has 0 bridgehead atoms. The van der Waals surface area contributed by atoms with E-state index in [1.165, 1.54) is 25.7 Å². The summed E-state index contributed by atoms with van der Waals surface area (Å²) in [5, 5.41) is 0. The molecule has 1 aromatic rings. The molecule has 0 aromatic heterocycles. The summed E-state index contributed by atoms with van der Waals surface area (Å²) in [6.07, 6.45) is 5.71. The Labute approximate surface area is 135 Å². The lowest BCUT2D eigenvalue weighted by molar-refractivity contribution is 0.232. The lowest BCUT2D eigenvalue weighted by Crippen LogP contribution is -2.11. The number of halogens is 1. The van der Waals surface area contributed by atoms with Crippen LogP contribution in [0.15, 0.2) is 18.2 Å². The summed E-state index contributed by atoms with van der Waals surface area (Å²) >= 11 is 5.62. The average molecular weight is 307 g/mol. The second kappa shape index (κ2) is 10.6. The summed E-state index contributed by atoms with van der Waals surface area (Å²) in [7, 11) is 0. The molecule has 1 atom stereocenters. The lowest BCUT2D eigenvalue weighted by atomic mass is 10.0. The summed E-state index contributed by atoms with van der Waals surface area (Å²) in [6, 6.07) is 6.15. The maximum Gasteiger partial charge on any atom is 0.122 e. The molecule has 21 heavy (non-hydrogen) atoms. The van der Waals surface area contributed by atoms with Crippen LogP contribution in [0.2, 0.25) is 0 Å². The molecule has 1 aromatic carbocycles. The molecule has 0 amide bonds. The maximum atomic E-state index is 6.00. The monoisotopic (exact) mass is 306 g/mol. The van der Waals surface area contributed by atoms with Crippen LogP contribution < -0.4 is 4.74 Å². The minimum Gasteiger partial charge on any atom is -0.493 e. The highest BCUT2D eigenvalue weighted by Gasteiger charge is 2.08. The van der Waals surface area contributed by atoms with E-state index in [2.05, 4.69) is 38.7 Å². The zero-order chi connectivity index (χ0) is 15.5. The standard InChI is InChI=1S/C19H27ClO/c1-4-6-9-17(5-2)15-21-19-12-11-18(14-16(19)3)10-7-8-13-20/h11-12,14,17H,4-6,8-9,13,15H2,1-3H3. The molecule has 1 rings (SSSR count). The molecule has 0 fully saturated rings. The summed E-state index contributed by atoms with van der Waals surface area (Å²) in [5.74, 6) is 8.41. The Morgan fingerprint density at radius 1 is 1.29 bits per heavy atom. The van der Waals surface area contributed by atoms with Gasteiger partial charge in [0.25, 0.3) is 0 Å². The molecule has 2 heteroatoms. The van der Waals surface area contributed by atoms with Gasteiger partial charge < -0.3 is 4.74 Å². The number of ether oxygens (including phenoxy) is 1. The van der Waals surface area contributed by atoms with E-state index in [0.717, 1.165) is 29.9 Å². The Kier molecular flexibility index (Phi) is 9.02. The van der Waals surface area contributed by atoms with Crippen molar-refractivity contribution < 1.29 is 4.74 Å². The third-order valence-electron chi connectivity index (χ3n) is 3.64. The molecule has 0 saturated carbocycles. The predicted octanol–water partition coefficient (Wildman–Crippen LogP) is 5.57. The number of rotatable bonds is 8. The zero-order valence-corrected chi connectivity index (χ0v) is 14.3. The minimum absolute atomic E-state index is 0.587. The van der Waals surface area contributed by atoms with Gasteiger partial charge in [0.2, 0.25) is 0 Å². The highest BCUT2D eigenvalue weighted by molar-refractivity contribution is 6.18. The van der Waals surface area contributed by atoms with Crippen molar-refractivity contribution in [1.29, 1.82) is 0 Å². The summed E-state index contributed by atoms with van der Waals surface area (Å²) in [6.45, 7) is 7.37. The van der Waals surface area contributed by atoms with Gasteiger partial charge >= 0.3 is 0 Å².